The quantitative estimate of drug-likeness (QED) is 0.738. The van der Waals surface area contributed by atoms with Crippen LogP contribution in [0.3, 0.4) is 0 Å². The zero-order valence-electron chi connectivity index (χ0n) is 14.1. The molecule has 1 saturated heterocycles. The molecule has 5 heteroatoms. The van der Waals surface area contributed by atoms with Gasteiger partial charge in [-0.1, -0.05) is 13.0 Å². The van der Waals surface area contributed by atoms with Crippen molar-refractivity contribution in [2.75, 3.05) is 65.0 Å². The molecule has 0 saturated carbocycles. The minimum absolute atomic E-state index is 0.733. The summed E-state index contributed by atoms with van der Waals surface area (Å²) in [5.74, 6) is 0.969. The molecule has 2 rings (SSSR count). The van der Waals surface area contributed by atoms with Crippen molar-refractivity contribution in [1.29, 1.82) is 0 Å². The maximum atomic E-state index is 5.61. The number of methoxy groups -OCH3 is 2. The van der Waals surface area contributed by atoms with Gasteiger partial charge in [0.2, 0.25) is 0 Å². The molecule has 1 aliphatic rings. The van der Waals surface area contributed by atoms with E-state index in [-0.39, 0.29) is 0 Å². The zero-order valence-corrected chi connectivity index (χ0v) is 14.1. The molecule has 0 atom stereocenters. The Labute approximate surface area is 134 Å². The standard InChI is InChI=1S/C17H29N3O2/c1-4-19-8-10-20(11-9-19)16-6-5-15(13-17(16)22-3)14-18-7-12-21-2/h5-6,13,18H,4,7-12,14H2,1-3H3. The number of ether oxygens (including phenoxy) is 2. The van der Waals surface area contributed by atoms with Crippen LogP contribution in [0, 0.1) is 0 Å². The van der Waals surface area contributed by atoms with E-state index in [0.29, 0.717) is 0 Å². The van der Waals surface area contributed by atoms with Crippen LogP contribution >= 0.6 is 0 Å². The number of nitrogens with zero attached hydrogens (tertiary/aromatic N) is 2. The van der Waals surface area contributed by atoms with Gasteiger partial charge in [-0.2, -0.15) is 0 Å². The van der Waals surface area contributed by atoms with Crippen molar-refractivity contribution in [2.24, 2.45) is 0 Å². The van der Waals surface area contributed by atoms with Gasteiger partial charge < -0.3 is 24.6 Å². The molecule has 0 radical (unpaired) electrons. The second-order valence-electron chi connectivity index (χ2n) is 5.60. The summed E-state index contributed by atoms with van der Waals surface area (Å²) in [4.78, 5) is 4.91. The van der Waals surface area contributed by atoms with E-state index in [0.717, 1.165) is 58.2 Å². The van der Waals surface area contributed by atoms with Crippen molar-refractivity contribution in [3.05, 3.63) is 23.8 Å². The third kappa shape index (κ3) is 4.60. The maximum absolute atomic E-state index is 5.61. The predicted molar refractivity (Wildman–Crippen MR) is 90.9 cm³/mol. The highest BCUT2D eigenvalue weighted by Crippen LogP contribution is 2.30. The van der Waals surface area contributed by atoms with Gasteiger partial charge in [0.1, 0.15) is 5.75 Å². The number of piperazine rings is 1. The van der Waals surface area contributed by atoms with E-state index < -0.39 is 0 Å². The molecule has 0 unspecified atom stereocenters. The van der Waals surface area contributed by atoms with Crippen LogP contribution in [0.25, 0.3) is 0 Å². The molecule has 1 aromatic rings. The van der Waals surface area contributed by atoms with Crippen LogP contribution < -0.4 is 15.0 Å². The second kappa shape index (κ2) is 8.98. The Kier molecular flexibility index (Phi) is 6.96. The molecular weight excluding hydrogens is 278 g/mol. The van der Waals surface area contributed by atoms with E-state index in [2.05, 4.69) is 40.2 Å². The summed E-state index contributed by atoms with van der Waals surface area (Å²) in [5.41, 5.74) is 2.45. The van der Waals surface area contributed by atoms with Gasteiger partial charge in [-0.15, -0.1) is 0 Å². The molecule has 1 fully saturated rings. The van der Waals surface area contributed by atoms with Crippen LogP contribution in [-0.4, -0.2) is 65.0 Å². The number of anilines is 1. The highest BCUT2D eigenvalue weighted by atomic mass is 16.5. The molecule has 0 bridgehead atoms. The van der Waals surface area contributed by atoms with E-state index in [1.807, 2.05) is 0 Å². The average Bonchev–Trinajstić information content (AvgIpc) is 2.58. The normalized spacial score (nSPS) is 16.0. The van der Waals surface area contributed by atoms with Crippen LogP contribution in [0.15, 0.2) is 18.2 Å². The molecule has 1 aromatic carbocycles. The summed E-state index contributed by atoms with van der Waals surface area (Å²) in [6, 6.07) is 6.51. The minimum atomic E-state index is 0.733. The first kappa shape index (κ1) is 17.1. The summed E-state index contributed by atoms with van der Waals surface area (Å²) in [6.45, 7) is 10.2. The molecule has 0 aliphatic carbocycles. The van der Waals surface area contributed by atoms with Gasteiger partial charge in [0.15, 0.2) is 0 Å². The topological polar surface area (TPSA) is 37.0 Å². The lowest BCUT2D eigenvalue weighted by molar-refractivity contribution is 0.199. The molecule has 0 spiro atoms. The first-order chi connectivity index (χ1) is 10.8. The fourth-order valence-corrected chi connectivity index (χ4v) is 2.81. The van der Waals surface area contributed by atoms with E-state index in [1.54, 1.807) is 14.2 Å². The molecule has 1 aliphatic heterocycles. The number of hydrogen-bond donors (Lipinski definition) is 1. The lowest BCUT2D eigenvalue weighted by Gasteiger charge is -2.36. The van der Waals surface area contributed by atoms with E-state index in [4.69, 9.17) is 9.47 Å². The fourth-order valence-electron chi connectivity index (χ4n) is 2.81. The monoisotopic (exact) mass is 307 g/mol. The predicted octanol–water partition coefficient (Wildman–Crippen LogP) is 1.57. The third-order valence-electron chi connectivity index (χ3n) is 4.22. The van der Waals surface area contributed by atoms with Crippen molar-refractivity contribution in [1.82, 2.24) is 10.2 Å². The van der Waals surface area contributed by atoms with Crippen molar-refractivity contribution in [2.45, 2.75) is 13.5 Å². The van der Waals surface area contributed by atoms with Gasteiger partial charge in [-0.05, 0) is 24.2 Å². The SMILES string of the molecule is CCN1CCN(c2ccc(CNCCOC)cc2OC)CC1. The summed E-state index contributed by atoms with van der Waals surface area (Å²) >= 11 is 0. The zero-order chi connectivity index (χ0) is 15.8. The molecule has 1 heterocycles. The second-order valence-corrected chi connectivity index (χ2v) is 5.60. The molecule has 22 heavy (non-hydrogen) atoms. The number of benzene rings is 1. The Bertz CT molecular complexity index is 446. The van der Waals surface area contributed by atoms with Crippen molar-refractivity contribution in [3.63, 3.8) is 0 Å². The van der Waals surface area contributed by atoms with Crippen molar-refractivity contribution in [3.8, 4) is 5.75 Å². The largest absolute Gasteiger partial charge is 0.495 e. The highest BCUT2D eigenvalue weighted by molar-refractivity contribution is 5.60. The third-order valence-corrected chi connectivity index (χ3v) is 4.22. The van der Waals surface area contributed by atoms with Gasteiger partial charge >= 0.3 is 0 Å². The summed E-state index contributed by atoms with van der Waals surface area (Å²) in [5, 5.41) is 3.37. The van der Waals surface area contributed by atoms with Gasteiger partial charge in [0.25, 0.3) is 0 Å². The fraction of sp³-hybridized carbons (Fsp3) is 0.647. The average molecular weight is 307 g/mol. The molecule has 1 N–H and O–H groups in total. The maximum Gasteiger partial charge on any atom is 0.142 e. The Morgan fingerprint density at radius 2 is 1.91 bits per heavy atom. The Hall–Kier alpha value is -1.30. The lowest BCUT2D eigenvalue weighted by atomic mass is 10.1. The van der Waals surface area contributed by atoms with Crippen LogP contribution in [0.2, 0.25) is 0 Å². The van der Waals surface area contributed by atoms with E-state index in [1.165, 1.54) is 11.3 Å². The number of nitrogens with one attached hydrogen (secondary N) is 1. The first-order valence-electron chi connectivity index (χ1n) is 8.12. The highest BCUT2D eigenvalue weighted by Gasteiger charge is 2.18. The van der Waals surface area contributed by atoms with Crippen molar-refractivity contribution >= 4 is 5.69 Å². The number of likely N-dealkylation sites (N-methyl/N-ethyl adjacent to an activating group) is 1. The van der Waals surface area contributed by atoms with Gasteiger partial charge in [-0.3, -0.25) is 0 Å². The molecule has 5 nitrogen and oxygen atoms in total. The number of rotatable bonds is 8. The minimum Gasteiger partial charge on any atom is -0.495 e. The first-order valence-corrected chi connectivity index (χ1v) is 8.12. The Morgan fingerprint density at radius 3 is 2.55 bits per heavy atom. The van der Waals surface area contributed by atoms with E-state index >= 15 is 0 Å². The molecule has 0 aromatic heterocycles. The molecule has 0 amide bonds. The van der Waals surface area contributed by atoms with Crippen LogP contribution in [-0.2, 0) is 11.3 Å². The summed E-state index contributed by atoms with van der Waals surface area (Å²) in [7, 11) is 3.47. The van der Waals surface area contributed by atoms with Crippen LogP contribution in [0.4, 0.5) is 5.69 Å². The molecular formula is C17H29N3O2. The smallest absolute Gasteiger partial charge is 0.142 e. The van der Waals surface area contributed by atoms with Gasteiger partial charge in [0, 0.05) is 46.4 Å². The summed E-state index contributed by atoms with van der Waals surface area (Å²) in [6.07, 6.45) is 0. The van der Waals surface area contributed by atoms with Gasteiger partial charge in [-0.25, -0.2) is 0 Å². The van der Waals surface area contributed by atoms with E-state index in [9.17, 15) is 0 Å². The lowest BCUT2D eigenvalue weighted by Crippen LogP contribution is -2.46. The summed E-state index contributed by atoms with van der Waals surface area (Å²) < 4.78 is 10.7. The number of hydrogen-bond acceptors (Lipinski definition) is 5. The molecule has 124 valence electrons. The Morgan fingerprint density at radius 1 is 1.14 bits per heavy atom. The van der Waals surface area contributed by atoms with Crippen molar-refractivity contribution < 1.29 is 9.47 Å². The van der Waals surface area contributed by atoms with Crippen LogP contribution in [0.5, 0.6) is 5.75 Å². The van der Waals surface area contributed by atoms with Crippen LogP contribution in [0.1, 0.15) is 12.5 Å². The Balaban J connectivity index is 1.97. The van der Waals surface area contributed by atoms with Gasteiger partial charge in [0.05, 0.1) is 19.4 Å².